The third-order valence-corrected chi connectivity index (χ3v) is 4.65. The molecule has 1 heterocycles. The van der Waals surface area contributed by atoms with E-state index in [0.717, 1.165) is 0 Å². The molecule has 8 heteroatoms. The summed E-state index contributed by atoms with van der Waals surface area (Å²) in [7, 11) is -0.933. The highest BCUT2D eigenvalue weighted by Gasteiger charge is 2.30. The van der Waals surface area contributed by atoms with Gasteiger partial charge in [0.2, 0.25) is 5.91 Å². The molecule has 2 amide bonds. The van der Waals surface area contributed by atoms with E-state index in [0.29, 0.717) is 24.6 Å². The van der Waals surface area contributed by atoms with E-state index < -0.39 is 35.1 Å². The topological polar surface area (TPSA) is 95.9 Å². The molecule has 0 aliphatic carbocycles. The van der Waals surface area contributed by atoms with Gasteiger partial charge in [0, 0.05) is 35.4 Å². The summed E-state index contributed by atoms with van der Waals surface area (Å²) in [6.07, 6.45) is -0.744. The highest BCUT2D eigenvalue weighted by molar-refractivity contribution is 7.85. The standard InChI is InChI=1S/C14H26N2O5S/c1-10-7-16(5-6-22(20)9-10)12(18)11(8-17)15-13(19)21-14(2,3)4/h10-11,17H,5-9H2,1-4H3,(H,15,19)/t10?,11-,22?/m1/s1. The quantitative estimate of drug-likeness (QED) is 0.763. The van der Waals surface area contributed by atoms with Gasteiger partial charge >= 0.3 is 6.09 Å². The van der Waals surface area contributed by atoms with Gasteiger partial charge in [0.1, 0.15) is 11.6 Å². The molecule has 0 spiro atoms. The molecule has 1 rings (SSSR count). The van der Waals surface area contributed by atoms with Crippen LogP contribution in [0.25, 0.3) is 0 Å². The van der Waals surface area contributed by atoms with Crippen LogP contribution in [0, 0.1) is 5.92 Å². The van der Waals surface area contributed by atoms with Gasteiger partial charge in [0.25, 0.3) is 0 Å². The summed E-state index contributed by atoms with van der Waals surface area (Å²) >= 11 is 0. The fourth-order valence-corrected chi connectivity index (χ4v) is 3.52. The average molecular weight is 334 g/mol. The lowest BCUT2D eigenvalue weighted by Gasteiger charge is -2.28. The molecular formula is C14H26N2O5S. The Kier molecular flexibility index (Phi) is 6.80. The summed E-state index contributed by atoms with van der Waals surface area (Å²) in [5.41, 5.74) is -0.679. The fraction of sp³-hybridized carbons (Fsp3) is 0.857. The lowest BCUT2D eigenvalue weighted by atomic mass is 10.1. The summed E-state index contributed by atoms with van der Waals surface area (Å²) < 4.78 is 16.8. The number of nitrogens with one attached hydrogen (secondary N) is 1. The first kappa shape index (κ1) is 18.9. The normalized spacial score (nSPS) is 24.3. The number of carbonyl (C=O) groups excluding carboxylic acids is 2. The number of ether oxygens (including phenoxy) is 1. The summed E-state index contributed by atoms with van der Waals surface area (Å²) in [5.74, 6) is 0.723. The van der Waals surface area contributed by atoms with Crippen molar-refractivity contribution in [1.29, 1.82) is 0 Å². The Bertz CT molecular complexity index is 435. The van der Waals surface area contributed by atoms with Crippen LogP contribution in [-0.4, -0.2) is 69.1 Å². The van der Waals surface area contributed by atoms with Crippen molar-refractivity contribution in [2.24, 2.45) is 5.92 Å². The molecule has 22 heavy (non-hydrogen) atoms. The van der Waals surface area contributed by atoms with Gasteiger partial charge < -0.3 is 20.1 Å². The number of rotatable bonds is 3. The van der Waals surface area contributed by atoms with Crippen molar-refractivity contribution in [1.82, 2.24) is 10.2 Å². The lowest BCUT2D eigenvalue weighted by Crippen LogP contribution is -2.52. The minimum Gasteiger partial charge on any atom is -0.444 e. The summed E-state index contributed by atoms with van der Waals surface area (Å²) in [6.45, 7) is 7.40. The number of nitrogens with zero attached hydrogens (tertiary/aromatic N) is 1. The number of carbonyl (C=O) groups is 2. The Hall–Kier alpha value is -1.15. The predicted molar refractivity (Wildman–Crippen MR) is 83.9 cm³/mol. The predicted octanol–water partition coefficient (Wildman–Crippen LogP) is 0.0990. The van der Waals surface area contributed by atoms with Crippen LogP contribution in [0.1, 0.15) is 27.7 Å². The minimum atomic E-state index is -1.05. The molecule has 7 nitrogen and oxygen atoms in total. The van der Waals surface area contributed by atoms with Gasteiger partial charge in [-0.15, -0.1) is 0 Å². The average Bonchev–Trinajstić information content (AvgIpc) is 2.54. The SMILES string of the molecule is CC1CN(C(=O)[C@@H](CO)NC(=O)OC(C)(C)C)CCS(=O)C1. The summed E-state index contributed by atoms with van der Waals surface area (Å²) in [5, 5.41) is 11.8. The van der Waals surface area contributed by atoms with E-state index >= 15 is 0 Å². The molecule has 0 saturated carbocycles. The van der Waals surface area contributed by atoms with E-state index in [2.05, 4.69) is 5.32 Å². The maximum atomic E-state index is 12.4. The van der Waals surface area contributed by atoms with E-state index in [4.69, 9.17) is 4.74 Å². The van der Waals surface area contributed by atoms with Crippen LogP contribution in [-0.2, 0) is 20.3 Å². The molecule has 2 unspecified atom stereocenters. The van der Waals surface area contributed by atoms with E-state index in [9.17, 15) is 18.9 Å². The van der Waals surface area contributed by atoms with Gasteiger partial charge in [0.15, 0.2) is 0 Å². The monoisotopic (exact) mass is 334 g/mol. The van der Waals surface area contributed by atoms with Gasteiger partial charge in [-0.05, 0) is 26.7 Å². The molecule has 1 aliphatic rings. The molecular weight excluding hydrogens is 308 g/mol. The van der Waals surface area contributed by atoms with Gasteiger partial charge in [-0.25, -0.2) is 4.79 Å². The molecule has 0 radical (unpaired) electrons. The number of aliphatic hydroxyl groups excluding tert-OH is 1. The maximum absolute atomic E-state index is 12.4. The fourth-order valence-electron chi connectivity index (χ4n) is 2.19. The van der Waals surface area contributed by atoms with E-state index in [-0.39, 0.29) is 11.8 Å². The Morgan fingerprint density at radius 1 is 1.45 bits per heavy atom. The highest BCUT2D eigenvalue weighted by atomic mass is 32.2. The lowest BCUT2D eigenvalue weighted by molar-refractivity contribution is -0.134. The number of alkyl carbamates (subject to hydrolysis) is 1. The van der Waals surface area contributed by atoms with Crippen molar-refractivity contribution < 1.29 is 23.6 Å². The van der Waals surface area contributed by atoms with Crippen molar-refractivity contribution in [2.75, 3.05) is 31.2 Å². The van der Waals surface area contributed by atoms with Crippen molar-refractivity contribution in [3.05, 3.63) is 0 Å². The highest BCUT2D eigenvalue weighted by Crippen LogP contribution is 2.11. The zero-order chi connectivity index (χ0) is 16.9. The summed E-state index contributed by atoms with van der Waals surface area (Å²) in [6, 6.07) is -1.05. The Morgan fingerprint density at radius 2 is 2.09 bits per heavy atom. The number of aliphatic hydroxyl groups is 1. The Labute approximate surface area is 133 Å². The molecule has 128 valence electrons. The largest absolute Gasteiger partial charge is 0.444 e. The Balaban J connectivity index is 2.67. The van der Waals surface area contributed by atoms with Gasteiger partial charge in [0.05, 0.1) is 6.61 Å². The van der Waals surface area contributed by atoms with Crippen LogP contribution in [0.2, 0.25) is 0 Å². The van der Waals surface area contributed by atoms with Crippen molar-refractivity contribution in [2.45, 2.75) is 39.3 Å². The summed E-state index contributed by atoms with van der Waals surface area (Å²) in [4.78, 5) is 25.7. The zero-order valence-electron chi connectivity index (χ0n) is 13.6. The minimum absolute atomic E-state index is 0.119. The second-order valence-electron chi connectivity index (χ2n) is 6.58. The van der Waals surface area contributed by atoms with Crippen LogP contribution in [0.15, 0.2) is 0 Å². The molecule has 0 aromatic carbocycles. The Morgan fingerprint density at radius 3 is 2.64 bits per heavy atom. The van der Waals surface area contributed by atoms with Crippen LogP contribution >= 0.6 is 0 Å². The number of hydrogen-bond acceptors (Lipinski definition) is 5. The van der Waals surface area contributed by atoms with Gasteiger partial charge in [-0.3, -0.25) is 9.00 Å². The van der Waals surface area contributed by atoms with Gasteiger partial charge in [-0.2, -0.15) is 0 Å². The number of hydrogen-bond donors (Lipinski definition) is 2. The molecule has 1 saturated heterocycles. The van der Waals surface area contributed by atoms with Crippen LogP contribution in [0.5, 0.6) is 0 Å². The third kappa shape index (κ3) is 6.31. The second kappa shape index (κ2) is 7.92. The van der Waals surface area contributed by atoms with Gasteiger partial charge in [-0.1, -0.05) is 6.92 Å². The van der Waals surface area contributed by atoms with Crippen LogP contribution in [0.4, 0.5) is 4.79 Å². The third-order valence-electron chi connectivity index (χ3n) is 3.07. The van der Waals surface area contributed by atoms with E-state index in [1.165, 1.54) is 0 Å². The van der Waals surface area contributed by atoms with Crippen LogP contribution in [0.3, 0.4) is 0 Å². The molecule has 0 aromatic heterocycles. The molecule has 3 atom stereocenters. The number of amides is 2. The van der Waals surface area contributed by atoms with Crippen molar-refractivity contribution in [3.63, 3.8) is 0 Å². The molecule has 0 aromatic rings. The maximum Gasteiger partial charge on any atom is 0.408 e. The van der Waals surface area contributed by atoms with Crippen molar-refractivity contribution >= 4 is 22.8 Å². The van der Waals surface area contributed by atoms with E-state index in [1.807, 2.05) is 6.92 Å². The van der Waals surface area contributed by atoms with Crippen molar-refractivity contribution in [3.8, 4) is 0 Å². The second-order valence-corrected chi connectivity index (χ2v) is 8.20. The zero-order valence-corrected chi connectivity index (χ0v) is 14.4. The first-order chi connectivity index (χ1) is 10.1. The van der Waals surface area contributed by atoms with Crippen LogP contribution < -0.4 is 5.32 Å². The molecule has 1 aliphatic heterocycles. The molecule has 0 bridgehead atoms. The smallest absolute Gasteiger partial charge is 0.408 e. The molecule has 1 fully saturated rings. The first-order valence-corrected chi connectivity index (χ1v) is 8.85. The molecule has 2 N–H and O–H groups in total. The first-order valence-electron chi connectivity index (χ1n) is 7.36. The van der Waals surface area contributed by atoms with E-state index in [1.54, 1.807) is 25.7 Å².